The average Bonchev–Trinajstić information content (AvgIpc) is 2.33. The summed E-state index contributed by atoms with van der Waals surface area (Å²) >= 11 is 0. The maximum absolute atomic E-state index is 12.1. The van der Waals surface area contributed by atoms with Gasteiger partial charge in [-0.2, -0.15) is 0 Å². The van der Waals surface area contributed by atoms with Crippen molar-refractivity contribution in [2.24, 2.45) is 5.92 Å². The van der Waals surface area contributed by atoms with Gasteiger partial charge in [0, 0.05) is 25.9 Å². The zero-order valence-electron chi connectivity index (χ0n) is 10.9. The smallest absolute Gasteiger partial charge is 0.223 e. The molecule has 0 aromatic heterocycles. The maximum atomic E-state index is 12.1. The predicted molar refractivity (Wildman–Crippen MR) is 66.8 cm³/mol. The summed E-state index contributed by atoms with van der Waals surface area (Å²) in [6.45, 7) is 2.93. The van der Waals surface area contributed by atoms with Crippen molar-refractivity contribution in [2.75, 3.05) is 19.7 Å². The van der Waals surface area contributed by atoms with Crippen molar-refractivity contribution < 1.29 is 14.7 Å². The molecule has 1 saturated heterocycles. The van der Waals surface area contributed by atoms with Gasteiger partial charge in [-0.05, 0) is 32.1 Å². The third kappa shape index (κ3) is 2.66. The second-order valence-electron chi connectivity index (χ2n) is 5.56. The fraction of sp³-hybridized carbons (Fsp3) is 0.846. The first-order chi connectivity index (χ1) is 8.56. The van der Waals surface area contributed by atoms with Gasteiger partial charge in [-0.3, -0.25) is 9.59 Å². The van der Waals surface area contributed by atoms with E-state index >= 15 is 0 Å². The maximum Gasteiger partial charge on any atom is 0.223 e. The van der Waals surface area contributed by atoms with Crippen LogP contribution in [0, 0.1) is 5.92 Å². The van der Waals surface area contributed by atoms with Crippen LogP contribution in [0.25, 0.3) is 0 Å². The molecule has 0 radical (unpaired) electrons. The molecule has 0 aromatic carbocycles. The Bertz CT molecular complexity index is 326. The number of carbonyl (C=O) groups is 2. The molecule has 5 heteroatoms. The number of piperidine rings is 1. The number of hydrogen-bond acceptors (Lipinski definition) is 3. The standard InChI is InChI=1S/C13H22N2O3/c1-10(17)15-7-3-11(4-8-15)12(18)14-13(9-16)5-2-6-13/h11,16H,2-9H2,1H3,(H,14,18). The van der Waals surface area contributed by atoms with Crippen molar-refractivity contribution in [1.29, 1.82) is 0 Å². The zero-order chi connectivity index (χ0) is 13.2. The highest BCUT2D eigenvalue weighted by Gasteiger charge is 2.39. The van der Waals surface area contributed by atoms with E-state index in [1.54, 1.807) is 11.8 Å². The number of aliphatic hydroxyl groups is 1. The van der Waals surface area contributed by atoms with Gasteiger partial charge in [0.25, 0.3) is 0 Å². The number of likely N-dealkylation sites (tertiary alicyclic amines) is 1. The molecule has 0 bridgehead atoms. The average molecular weight is 254 g/mol. The van der Waals surface area contributed by atoms with Crippen LogP contribution in [-0.4, -0.2) is 47.1 Å². The molecule has 2 rings (SSSR count). The van der Waals surface area contributed by atoms with Crippen molar-refractivity contribution in [3.8, 4) is 0 Å². The van der Waals surface area contributed by atoms with Crippen LogP contribution in [-0.2, 0) is 9.59 Å². The summed E-state index contributed by atoms with van der Waals surface area (Å²) in [5.41, 5.74) is -0.352. The van der Waals surface area contributed by atoms with Crippen LogP contribution in [0.2, 0.25) is 0 Å². The highest BCUT2D eigenvalue weighted by Crippen LogP contribution is 2.32. The number of rotatable bonds is 3. The summed E-state index contributed by atoms with van der Waals surface area (Å²) in [5.74, 6) is 0.122. The lowest BCUT2D eigenvalue weighted by molar-refractivity contribution is -0.135. The lowest BCUT2D eigenvalue weighted by Gasteiger charge is -2.42. The van der Waals surface area contributed by atoms with Crippen LogP contribution >= 0.6 is 0 Å². The molecular formula is C13H22N2O3. The molecular weight excluding hydrogens is 232 g/mol. The molecule has 2 amide bonds. The molecule has 5 nitrogen and oxygen atoms in total. The molecule has 0 spiro atoms. The number of amides is 2. The summed E-state index contributed by atoms with van der Waals surface area (Å²) < 4.78 is 0. The summed E-state index contributed by atoms with van der Waals surface area (Å²) in [6, 6.07) is 0. The van der Waals surface area contributed by atoms with E-state index in [9.17, 15) is 14.7 Å². The van der Waals surface area contributed by atoms with Gasteiger partial charge in [-0.1, -0.05) is 0 Å². The van der Waals surface area contributed by atoms with Gasteiger partial charge in [0.2, 0.25) is 11.8 Å². The quantitative estimate of drug-likeness (QED) is 0.760. The summed E-state index contributed by atoms with van der Waals surface area (Å²) in [7, 11) is 0. The Morgan fingerprint density at radius 3 is 2.33 bits per heavy atom. The molecule has 1 aliphatic heterocycles. The van der Waals surface area contributed by atoms with E-state index in [-0.39, 0.29) is 29.9 Å². The van der Waals surface area contributed by atoms with E-state index in [2.05, 4.69) is 5.32 Å². The topological polar surface area (TPSA) is 69.6 Å². The number of nitrogens with one attached hydrogen (secondary N) is 1. The predicted octanol–water partition coefficient (Wildman–Crippen LogP) is 0.276. The van der Waals surface area contributed by atoms with E-state index in [1.807, 2.05) is 0 Å². The van der Waals surface area contributed by atoms with Gasteiger partial charge in [-0.15, -0.1) is 0 Å². The van der Waals surface area contributed by atoms with Gasteiger partial charge >= 0.3 is 0 Å². The Balaban J connectivity index is 1.82. The Morgan fingerprint density at radius 2 is 1.94 bits per heavy atom. The molecule has 18 heavy (non-hydrogen) atoms. The Morgan fingerprint density at radius 1 is 1.33 bits per heavy atom. The first-order valence-electron chi connectivity index (χ1n) is 6.75. The zero-order valence-corrected chi connectivity index (χ0v) is 10.9. The van der Waals surface area contributed by atoms with Crippen molar-refractivity contribution in [3.63, 3.8) is 0 Å². The molecule has 1 heterocycles. The lowest BCUT2D eigenvalue weighted by atomic mass is 9.77. The Kier molecular flexibility index (Phi) is 3.90. The van der Waals surface area contributed by atoms with Crippen molar-refractivity contribution in [3.05, 3.63) is 0 Å². The Hall–Kier alpha value is -1.10. The molecule has 2 aliphatic rings. The lowest BCUT2D eigenvalue weighted by Crippen LogP contribution is -2.58. The highest BCUT2D eigenvalue weighted by atomic mass is 16.3. The molecule has 2 fully saturated rings. The van der Waals surface area contributed by atoms with E-state index < -0.39 is 0 Å². The van der Waals surface area contributed by atoms with Gasteiger partial charge in [0.15, 0.2) is 0 Å². The molecule has 2 N–H and O–H groups in total. The second-order valence-corrected chi connectivity index (χ2v) is 5.56. The van der Waals surface area contributed by atoms with E-state index in [1.165, 1.54) is 0 Å². The monoisotopic (exact) mass is 254 g/mol. The van der Waals surface area contributed by atoms with Crippen molar-refractivity contribution in [2.45, 2.75) is 44.6 Å². The molecule has 1 aliphatic carbocycles. The fourth-order valence-electron chi connectivity index (χ4n) is 2.75. The highest BCUT2D eigenvalue weighted by molar-refractivity contribution is 5.80. The van der Waals surface area contributed by atoms with E-state index in [4.69, 9.17) is 0 Å². The minimum Gasteiger partial charge on any atom is -0.394 e. The van der Waals surface area contributed by atoms with Gasteiger partial charge in [0.1, 0.15) is 0 Å². The fourth-order valence-corrected chi connectivity index (χ4v) is 2.75. The first-order valence-corrected chi connectivity index (χ1v) is 6.75. The molecule has 1 saturated carbocycles. The minimum atomic E-state index is -0.352. The van der Waals surface area contributed by atoms with Gasteiger partial charge < -0.3 is 15.3 Å². The van der Waals surface area contributed by atoms with Crippen LogP contribution in [0.3, 0.4) is 0 Å². The minimum absolute atomic E-state index is 0.00961. The summed E-state index contributed by atoms with van der Waals surface area (Å²) in [5, 5.41) is 12.3. The molecule has 0 unspecified atom stereocenters. The first kappa shape index (κ1) is 13.3. The van der Waals surface area contributed by atoms with E-state index in [0.717, 1.165) is 32.1 Å². The third-order valence-corrected chi connectivity index (χ3v) is 4.31. The van der Waals surface area contributed by atoms with Crippen LogP contribution in [0.5, 0.6) is 0 Å². The number of hydrogen-bond donors (Lipinski definition) is 2. The third-order valence-electron chi connectivity index (χ3n) is 4.31. The molecule has 0 aromatic rings. The molecule has 0 atom stereocenters. The SMILES string of the molecule is CC(=O)N1CCC(C(=O)NC2(CO)CCC2)CC1. The van der Waals surface area contributed by atoms with Crippen LogP contribution in [0.15, 0.2) is 0 Å². The molecule has 102 valence electrons. The van der Waals surface area contributed by atoms with E-state index in [0.29, 0.717) is 13.1 Å². The van der Waals surface area contributed by atoms with Gasteiger partial charge in [0.05, 0.1) is 12.1 Å². The van der Waals surface area contributed by atoms with Crippen LogP contribution in [0.1, 0.15) is 39.0 Å². The van der Waals surface area contributed by atoms with Crippen molar-refractivity contribution in [1.82, 2.24) is 10.2 Å². The van der Waals surface area contributed by atoms with Gasteiger partial charge in [-0.25, -0.2) is 0 Å². The van der Waals surface area contributed by atoms with Crippen molar-refractivity contribution >= 4 is 11.8 Å². The largest absolute Gasteiger partial charge is 0.394 e. The van der Waals surface area contributed by atoms with Crippen LogP contribution in [0.4, 0.5) is 0 Å². The van der Waals surface area contributed by atoms with Crippen LogP contribution < -0.4 is 5.32 Å². The number of carbonyl (C=O) groups excluding carboxylic acids is 2. The normalized spacial score (nSPS) is 23.3. The number of aliphatic hydroxyl groups excluding tert-OH is 1. The second kappa shape index (κ2) is 5.26. The summed E-state index contributed by atoms with van der Waals surface area (Å²) in [6.07, 6.45) is 4.28. The number of nitrogens with zero attached hydrogens (tertiary/aromatic N) is 1. The Labute approximate surface area is 108 Å². The summed E-state index contributed by atoms with van der Waals surface area (Å²) in [4.78, 5) is 25.1.